The van der Waals surface area contributed by atoms with Gasteiger partial charge in [0.2, 0.25) is 0 Å². The molecule has 4 amide bonds. The molecule has 0 saturated carbocycles. The first-order valence-corrected chi connectivity index (χ1v) is 25.1. The van der Waals surface area contributed by atoms with Crippen molar-refractivity contribution in [2.45, 2.75) is 104 Å². The number of rotatable bonds is 17. The number of terminal acetylenes is 2. The van der Waals surface area contributed by atoms with Crippen molar-refractivity contribution in [1.29, 1.82) is 0 Å². The molecule has 0 bridgehead atoms. The molecule has 10 nitrogen and oxygen atoms in total. The fraction of sp³-hybridized carbons (Fsp3) is 0.357. The first-order valence-electron chi connectivity index (χ1n) is 22.5. The van der Waals surface area contributed by atoms with Crippen LogP contribution >= 0.6 is 39.4 Å². The van der Waals surface area contributed by atoms with Gasteiger partial charge in [-0.3, -0.25) is 29.4 Å². The fourth-order valence-electron chi connectivity index (χ4n) is 6.80. The summed E-state index contributed by atoms with van der Waals surface area (Å²) in [5.41, 5.74) is 4.07. The van der Waals surface area contributed by atoms with Gasteiger partial charge in [0, 0.05) is 55.1 Å². The van der Waals surface area contributed by atoms with E-state index in [9.17, 15) is 19.2 Å². The van der Waals surface area contributed by atoms with Gasteiger partial charge in [0.15, 0.2) is 0 Å². The lowest BCUT2D eigenvalue weighted by Gasteiger charge is -2.18. The Labute approximate surface area is 455 Å². The molecule has 4 heterocycles. The number of fused-ring (bicyclic) bond motifs is 4. The summed E-state index contributed by atoms with van der Waals surface area (Å²) in [6.45, 7) is 4.66. The summed E-state index contributed by atoms with van der Waals surface area (Å²) >= 11 is 5.63. The Kier molecular flexibility index (Phi) is 24.6. The van der Waals surface area contributed by atoms with Gasteiger partial charge < -0.3 is 0 Å². The second-order valence-electron chi connectivity index (χ2n) is 15.3. The van der Waals surface area contributed by atoms with Gasteiger partial charge in [-0.25, -0.2) is 0 Å². The molecule has 1 N–H and O–H groups in total. The van der Waals surface area contributed by atoms with Crippen LogP contribution in [0.3, 0.4) is 0 Å². The molecule has 388 valence electrons. The summed E-state index contributed by atoms with van der Waals surface area (Å²) in [7, 11) is 0. The molecule has 0 saturated heterocycles. The zero-order chi connectivity index (χ0) is 49.5. The lowest BCUT2D eigenvalue weighted by Crippen LogP contribution is -2.34. The first kappa shape index (κ1) is 54.0. The maximum atomic E-state index is 13.0. The zero-order valence-electron chi connectivity index (χ0n) is 38.5. The predicted molar refractivity (Wildman–Crippen MR) is 325 cm³/mol. The molecule has 0 radical (unpaired) electrons. The van der Waals surface area contributed by atoms with Gasteiger partial charge in [-0.05, 0) is 132 Å². The number of nitrogens with one attached hydrogen (secondary N) is 1. The van der Waals surface area contributed by atoms with Gasteiger partial charge >= 0.3 is 0 Å². The van der Waals surface area contributed by atoms with Crippen molar-refractivity contribution >= 4 is 85.1 Å². The molecular weight excluding hydrogens is 965 g/mol. The van der Waals surface area contributed by atoms with Gasteiger partial charge in [0.1, 0.15) is 22.1 Å². The molecule has 2 aliphatic heterocycles. The van der Waals surface area contributed by atoms with Crippen molar-refractivity contribution in [1.82, 2.24) is 27.7 Å². The van der Waals surface area contributed by atoms with Crippen molar-refractivity contribution in [3.05, 3.63) is 46.5 Å². The number of carbonyl (C=O) groups is 4. The Morgan fingerprint density at radius 3 is 1.28 bits per heavy atom. The molecule has 2 aliphatic rings. The molecule has 6 rings (SSSR count). The molecule has 0 aliphatic carbocycles. The van der Waals surface area contributed by atoms with E-state index in [0.29, 0.717) is 50.2 Å². The maximum absolute atomic E-state index is 13.0. The van der Waals surface area contributed by atoms with E-state index in [-0.39, 0.29) is 67.5 Å². The smallest absolute Gasteiger partial charge is 0.261 e. The molecule has 13 heteroatoms. The van der Waals surface area contributed by atoms with E-state index < -0.39 is 0 Å². The van der Waals surface area contributed by atoms with Crippen molar-refractivity contribution in [3.8, 4) is 119 Å². The van der Waals surface area contributed by atoms with E-state index in [2.05, 4.69) is 159 Å². The number of carbonyl (C=O) groups excluding carboxylic acids is 4. The highest BCUT2D eigenvalue weighted by molar-refractivity contribution is 9.09. The third kappa shape index (κ3) is 18.2. The Bertz CT molecular complexity index is 3110. The molecular formula is C56H91BrN6O4S2. The fourth-order valence-corrected chi connectivity index (χ4v) is 8.30. The van der Waals surface area contributed by atoms with E-state index in [1.54, 1.807) is 24.3 Å². The average molecular weight is 1060 g/mol. The van der Waals surface area contributed by atoms with Crippen LogP contribution in [0.1, 0.15) is 177 Å². The van der Waals surface area contributed by atoms with Crippen LogP contribution in [0.4, 0.5) is 0 Å². The van der Waals surface area contributed by atoms with E-state index in [1.807, 2.05) is 0 Å². The molecule has 2 aromatic heterocycles. The highest BCUT2D eigenvalue weighted by Gasteiger charge is 2.37. The summed E-state index contributed by atoms with van der Waals surface area (Å²) in [6, 6.07) is 6.48. The number of alkyl halides is 1. The first-order chi connectivity index (χ1) is 33.8. The summed E-state index contributed by atoms with van der Waals surface area (Å²) in [6.07, 6.45) is 26.7. The van der Waals surface area contributed by atoms with Gasteiger partial charge in [-0.2, -0.15) is 17.5 Å². The molecule has 2 aromatic carbocycles. The average Bonchev–Trinajstić information content (AvgIpc) is 4.14. The Morgan fingerprint density at radius 1 is 0.522 bits per heavy atom. The lowest BCUT2D eigenvalue weighted by atomic mass is 10.00. The summed E-state index contributed by atoms with van der Waals surface area (Å²) in [5, 5.41) is 3.12. The molecule has 2 atom stereocenters. The van der Waals surface area contributed by atoms with Gasteiger partial charge in [-0.15, -0.1) is 12.8 Å². The second kappa shape index (κ2) is 31.4. The highest BCUT2D eigenvalue weighted by atomic mass is 79.9. The van der Waals surface area contributed by atoms with E-state index in [0.717, 1.165) is 54.5 Å². The zero-order valence-corrected chi connectivity index (χ0v) is 41.7. The van der Waals surface area contributed by atoms with E-state index >= 15 is 0 Å². The number of nitrogens with zero attached hydrogens (tertiary/aromatic N) is 5. The minimum Gasteiger partial charge on any atom is -0.288 e. The highest BCUT2D eigenvalue weighted by Crippen LogP contribution is 2.29. The van der Waals surface area contributed by atoms with Crippen LogP contribution in [0.5, 0.6) is 0 Å². The number of hydrogen-bond acceptors (Lipinski definition) is 10. The van der Waals surface area contributed by atoms with Crippen molar-refractivity contribution in [2.75, 3.05) is 11.9 Å². The van der Waals surface area contributed by atoms with Crippen LogP contribution in [0.15, 0.2) is 24.3 Å². The van der Waals surface area contributed by atoms with Crippen molar-refractivity contribution < 1.29 is 50.6 Å². The maximum Gasteiger partial charge on any atom is 0.261 e. The van der Waals surface area contributed by atoms with Crippen LogP contribution in [0.2, 0.25) is 0 Å². The Hall–Kier alpha value is -7.56. The summed E-state index contributed by atoms with van der Waals surface area (Å²) in [5.74, 6) is 45.8. The Morgan fingerprint density at radius 2 is 0.870 bits per heavy atom. The van der Waals surface area contributed by atoms with Crippen molar-refractivity contribution in [3.63, 3.8) is 0 Å². The third-order valence-electron chi connectivity index (χ3n) is 10.3. The van der Waals surface area contributed by atoms with Crippen LogP contribution in [-0.4, -0.2) is 57.9 Å². The minimum atomic E-state index is -0.361. The van der Waals surface area contributed by atoms with Gasteiger partial charge in [-0.1, -0.05) is 119 Å². The third-order valence-corrected chi connectivity index (χ3v) is 12.2. The number of unbranched alkanes of at least 4 members (excludes halogenated alkanes) is 10. The Balaban J connectivity index is -0.0000000477. The van der Waals surface area contributed by atoms with Crippen molar-refractivity contribution in [2.24, 2.45) is 11.8 Å². The molecule has 2 unspecified atom stereocenters. The standard InChI is InChI=1S/C28H23N3O2S.C20H21Br.C8H3N3O2S.22H2/c1-3-5-7-9-11-12-14-16-18-22(17-15-13-10-8-6-4-2)21-31-27(32)23-19-25-26(30-34-29-25)20-24(23)28(31)33;1-3-5-7-9-11-12-14-16-18-20(19-21)17-15-13-10-8-6-4-2;12-7-3-1-5-6(11-14-10-5)2-4(3)8(13)9-7;;;;;;;;;;;;;;;;;;;;;;/h1,19-20,22H,4,6,8,10,13,15,17,21H2,2H3;1,20H,4,6,8,10,13,15,17,19H2,2H3;1-2H,(H,9,12,13);22*1H. The summed E-state index contributed by atoms with van der Waals surface area (Å²) in [4.78, 5) is 49.8. The topological polar surface area (TPSA) is 135 Å². The largest absolute Gasteiger partial charge is 0.288 e. The SMILES string of the molecule is C#CC#CC#CC#CC#CC(CBr)CCCCCCCC.C#CC#CC#CC#CC#CC(CCCCCCCC)CN1C(=O)c2cc3nsnc3cc2C1=O.O=C1NC(=O)c2cc3nsnc3cc21.[HH].[HH].[HH].[HH].[HH].[HH].[HH].[HH].[HH].[HH].[HH].[HH].[HH].[HH].[HH].[HH].[HH].[HH].[HH].[HH].[HH].[HH]. The molecule has 4 aromatic rings. The molecule has 0 spiro atoms. The normalized spacial score (nSPS) is 11.8. The monoisotopic (exact) mass is 1050 g/mol. The second-order valence-corrected chi connectivity index (χ2v) is 17.0. The number of halogens is 1. The van der Waals surface area contributed by atoms with Crippen LogP contribution in [-0.2, 0) is 0 Å². The molecule has 0 fully saturated rings. The van der Waals surface area contributed by atoms with Crippen LogP contribution < -0.4 is 5.32 Å². The van der Waals surface area contributed by atoms with E-state index in [4.69, 9.17) is 12.8 Å². The van der Waals surface area contributed by atoms with Gasteiger partial charge in [0.05, 0.1) is 45.7 Å². The van der Waals surface area contributed by atoms with Crippen LogP contribution in [0, 0.1) is 131 Å². The van der Waals surface area contributed by atoms with Crippen LogP contribution in [0.25, 0.3) is 22.1 Å². The number of imide groups is 2. The number of amides is 4. The van der Waals surface area contributed by atoms with E-state index in [1.165, 1.54) is 69.1 Å². The number of hydrogen-bond donors (Lipinski definition) is 1. The molecule has 69 heavy (non-hydrogen) atoms. The van der Waals surface area contributed by atoms with Gasteiger partial charge in [0.25, 0.3) is 23.6 Å². The quantitative estimate of drug-likeness (QED) is 0.0478. The number of aromatic nitrogens is 4. The minimum absolute atomic E-state index is 0. The number of benzene rings is 2. The summed E-state index contributed by atoms with van der Waals surface area (Å²) < 4.78 is 16.3. The lowest BCUT2D eigenvalue weighted by molar-refractivity contribution is 0.0637. The predicted octanol–water partition coefficient (Wildman–Crippen LogP) is 14.7.